The summed E-state index contributed by atoms with van der Waals surface area (Å²) in [6.07, 6.45) is 14.9. The number of hydrogen-bond acceptors (Lipinski definition) is 4. The molecule has 1 rings (SSSR count). The minimum Gasteiger partial charge on any atom is -0.481 e. The van der Waals surface area contributed by atoms with Crippen LogP contribution in [0.1, 0.15) is 58.3 Å². The molecule has 1 saturated carbocycles. The molecule has 5 atom stereocenters. The number of aliphatic hydroxyl groups is 3. The Morgan fingerprint density at radius 1 is 1.12 bits per heavy atom. The van der Waals surface area contributed by atoms with Gasteiger partial charge in [-0.05, 0) is 38.0 Å². The fourth-order valence-electron chi connectivity index (χ4n) is 3.32. The molecule has 148 valence electrons. The molecule has 0 aromatic rings. The Hall–Kier alpha value is -1.43. The molecule has 1 aliphatic carbocycles. The van der Waals surface area contributed by atoms with E-state index in [4.69, 9.17) is 5.11 Å². The molecular formula is C21H34O5. The predicted octanol–water partition coefficient (Wildman–Crippen LogP) is 3.21. The zero-order valence-corrected chi connectivity index (χ0v) is 15.7. The molecule has 0 aliphatic heterocycles. The van der Waals surface area contributed by atoms with E-state index in [1.54, 1.807) is 6.08 Å². The molecule has 0 radical (unpaired) electrons. The predicted molar refractivity (Wildman–Crippen MR) is 103 cm³/mol. The third kappa shape index (κ3) is 8.79. The minimum absolute atomic E-state index is 0.0512. The molecule has 0 bridgehead atoms. The number of allylic oxidation sites excluding steroid dienone is 3. The van der Waals surface area contributed by atoms with Crippen molar-refractivity contribution in [2.75, 3.05) is 0 Å². The van der Waals surface area contributed by atoms with E-state index < -0.39 is 24.3 Å². The van der Waals surface area contributed by atoms with Gasteiger partial charge in [0.05, 0.1) is 18.3 Å². The summed E-state index contributed by atoms with van der Waals surface area (Å²) in [6, 6.07) is 0. The van der Waals surface area contributed by atoms with Gasteiger partial charge in [-0.15, -0.1) is 0 Å². The molecule has 1 fully saturated rings. The topological polar surface area (TPSA) is 98.0 Å². The Balaban J connectivity index is 2.46. The van der Waals surface area contributed by atoms with Crippen molar-refractivity contribution >= 4 is 5.97 Å². The van der Waals surface area contributed by atoms with E-state index in [-0.39, 0.29) is 18.3 Å². The van der Waals surface area contributed by atoms with Gasteiger partial charge in [0.25, 0.3) is 0 Å². The van der Waals surface area contributed by atoms with Crippen LogP contribution >= 0.6 is 0 Å². The molecule has 4 N–H and O–H groups in total. The summed E-state index contributed by atoms with van der Waals surface area (Å²) in [7, 11) is 0. The Morgan fingerprint density at radius 2 is 1.88 bits per heavy atom. The lowest BCUT2D eigenvalue weighted by Gasteiger charge is -2.19. The van der Waals surface area contributed by atoms with Crippen LogP contribution in [0, 0.1) is 11.8 Å². The second-order valence-corrected chi connectivity index (χ2v) is 7.05. The van der Waals surface area contributed by atoms with Crippen molar-refractivity contribution in [3.63, 3.8) is 0 Å². The van der Waals surface area contributed by atoms with Gasteiger partial charge < -0.3 is 20.4 Å². The summed E-state index contributed by atoms with van der Waals surface area (Å²) in [5.74, 6) is -0.963. The number of rotatable bonds is 12. The molecule has 0 heterocycles. The standard InChI is InChI=1S/C21H34O5/c1-2-3-6-10-16(22)11-9-13-18-17(19(23)15-20(18)24)12-7-4-5-8-14-21(25)26/h4,6-7,9-10,13,16-20,22-24H,2-3,5,8,11-12,14-15H2,1H3,(H,25,26)/b7-4-,10-6+,13-9+/t16?,17-,18-,19+,20-/m1/s1. The molecule has 1 unspecified atom stereocenters. The molecule has 1 aliphatic rings. The van der Waals surface area contributed by atoms with Gasteiger partial charge in [-0.1, -0.05) is 49.8 Å². The first kappa shape index (κ1) is 22.6. The van der Waals surface area contributed by atoms with E-state index in [1.165, 1.54) is 0 Å². The highest BCUT2D eigenvalue weighted by atomic mass is 16.4. The molecular weight excluding hydrogens is 332 g/mol. The van der Waals surface area contributed by atoms with Gasteiger partial charge in [-0.25, -0.2) is 0 Å². The van der Waals surface area contributed by atoms with Crippen LogP contribution in [0.4, 0.5) is 0 Å². The zero-order valence-electron chi connectivity index (χ0n) is 15.7. The van der Waals surface area contributed by atoms with Crippen molar-refractivity contribution in [2.24, 2.45) is 11.8 Å². The van der Waals surface area contributed by atoms with Crippen LogP contribution in [0.15, 0.2) is 36.5 Å². The maximum atomic E-state index is 10.5. The summed E-state index contributed by atoms with van der Waals surface area (Å²) in [5, 5.41) is 38.9. The lowest BCUT2D eigenvalue weighted by Crippen LogP contribution is -2.20. The number of carboxylic acid groups (broad SMARTS) is 1. The average molecular weight is 366 g/mol. The summed E-state index contributed by atoms with van der Waals surface area (Å²) >= 11 is 0. The average Bonchev–Trinajstić information content (AvgIpc) is 2.84. The molecule has 0 amide bonds. The van der Waals surface area contributed by atoms with Crippen LogP contribution < -0.4 is 0 Å². The number of aliphatic hydroxyl groups excluding tert-OH is 3. The van der Waals surface area contributed by atoms with Crippen LogP contribution in [0.25, 0.3) is 0 Å². The fraction of sp³-hybridized carbons (Fsp3) is 0.667. The smallest absolute Gasteiger partial charge is 0.303 e. The van der Waals surface area contributed by atoms with Crippen molar-refractivity contribution in [3.8, 4) is 0 Å². The van der Waals surface area contributed by atoms with Crippen molar-refractivity contribution in [1.29, 1.82) is 0 Å². The normalized spacial score (nSPS) is 27.8. The van der Waals surface area contributed by atoms with Crippen LogP contribution in [-0.2, 0) is 4.79 Å². The van der Waals surface area contributed by atoms with Crippen molar-refractivity contribution < 1.29 is 25.2 Å². The third-order valence-electron chi connectivity index (χ3n) is 4.80. The van der Waals surface area contributed by atoms with E-state index in [0.29, 0.717) is 32.1 Å². The molecule has 0 aromatic carbocycles. The van der Waals surface area contributed by atoms with Gasteiger partial charge in [0.2, 0.25) is 0 Å². The summed E-state index contributed by atoms with van der Waals surface area (Å²) < 4.78 is 0. The number of unbranched alkanes of at least 4 members (excludes halogenated alkanes) is 2. The zero-order chi connectivity index (χ0) is 19.4. The molecule has 5 heteroatoms. The first-order chi connectivity index (χ1) is 12.5. The molecule has 5 nitrogen and oxygen atoms in total. The van der Waals surface area contributed by atoms with Gasteiger partial charge >= 0.3 is 5.97 Å². The van der Waals surface area contributed by atoms with Crippen molar-refractivity contribution in [1.82, 2.24) is 0 Å². The van der Waals surface area contributed by atoms with Crippen molar-refractivity contribution in [2.45, 2.75) is 76.6 Å². The maximum absolute atomic E-state index is 10.5. The van der Waals surface area contributed by atoms with E-state index >= 15 is 0 Å². The highest BCUT2D eigenvalue weighted by molar-refractivity contribution is 5.66. The van der Waals surface area contributed by atoms with Crippen LogP contribution in [-0.4, -0.2) is 44.7 Å². The lowest BCUT2D eigenvalue weighted by molar-refractivity contribution is -0.137. The third-order valence-corrected chi connectivity index (χ3v) is 4.80. The largest absolute Gasteiger partial charge is 0.481 e. The quantitative estimate of drug-likeness (QED) is 0.314. The Bertz CT molecular complexity index is 483. The number of carbonyl (C=O) groups is 1. The van der Waals surface area contributed by atoms with Gasteiger partial charge in [-0.3, -0.25) is 4.79 Å². The molecule has 0 spiro atoms. The highest BCUT2D eigenvalue weighted by Gasteiger charge is 2.39. The summed E-state index contributed by atoms with van der Waals surface area (Å²) in [4.78, 5) is 10.5. The highest BCUT2D eigenvalue weighted by Crippen LogP contribution is 2.36. The van der Waals surface area contributed by atoms with Crippen LogP contribution in [0.2, 0.25) is 0 Å². The molecule has 0 saturated heterocycles. The van der Waals surface area contributed by atoms with Crippen LogP contribution in [0.5, 0.6) is 0 Å². The first-order valence-corrected chi connectivity index (χ1v) is 9.70. The summed E-state index contributed by atoms with van der Waals surface area (Å²) in [5.41, 5.74) is 0. The fourth-order valence-corrected chi connectivity index (χ4v) is 3.32. The van der Waals surface area contributed by atoms with Crippen LogP contribution in [0.3, 0.4) is 0 Å². The number of hydrogen-bond donors (Lipinski definition) is 4. The Labute approximate surface area is 156 Å². The first-order valence-electron chi connectivity index (χ1n) is 9.70. The second-order valence-electron chi connectivity index (χ2n) is 7.05. The number of aliphatic carboxylic acids is 1. The monoisotopic (exact) mass is 366 g/mol. The van der Waals surface area contributed by atoms with E-state index in [0.717, 1.165) is 12.8 Å². The van der Waals surface area contributed by atoms with Crippen molar-refractivity contribution in [3.05, 3.63) is 36.5 Å². The number of carboxylic acids is 1. The summed E-state index contributed by atoms with van der Waals surface area (Å²) in [6.45, 7) is 2.09. The van der Waals surface area contributed by atoms with E-state index in [9.17, 15) is 20.1 Å². The lowest BCUT2D eigenvalue weighted by atomic mass is 9.89. The van der Waals surface area contributed by atoms with Gasteiger partial charge in [-0.2, -0.15) is 0 Å². The van der Waals surface area contributed by atoms with E-state index in [2.05, 4.69) is 6.92 Å². The molecule has 26 heavy (non-hydrogen) atoms. The minimum atomic E-state index is -0.787. The Kier molecular flexibility index (Phi) is 11.2. The van der Waals surface area contributed by atoms with Gasteiger partial charge in [0, 0.05) is 18.8 Å². The SMILES string of the molecule is CCC/C=C/C(O)C/C=C/[C@@H]1[C@@H](C/C=C\CCCC(=O)O)[C@@H](O)C[C@H]1O. The van der Waals surface area contributed by atoms with E-state index in [1.807, 2.05) is 30.4 Å². The maximum Gasteiger partial charge on any atom is 0.303 e. The Morgan fingerprint density at radius 3 is 2.58 bits per heavy atom. The molecule has 0 aromatic heterocycles. The second kappa shape index (κ2) is 12.8. The van der Waals surface area contributed by atoms with Gasteiger partial charge in [0.15, 0.2) is 0 Å². The van der Waals surface area contributed by atoms with Gasteiger partial charge in [0.1, 0.15) is 0 Å².